The first kappa shape index (κ1) is 24.0. The van der Waals surface area contributed by atoms with Crippen molar-refractivity contribution >= 4 is 29.4 Å². The van der Waals surface area contributed by atoms with Crippen LogP contribution in [0.5, 0.6) is 0 Å². The monoisotopic (exact) mass is 475 g/mol. The lowest BCUT2D eigenvalue weighted by atomic mass is 9.97. The third kappa shape index (κ3) is 6.45. The highest BCUT2D eigenvalue weighted by atomic mass is 32.2. The van der Waals surface area contributed by atoms with Crippen molar-refractivity contribution in [2.24, 2.45) is 5.92 Å². The van der Waals surface area contributed by atoms with Crippen LogP contribution in [0, 0.1) is 5.92 Å². The molecule has 1 amide bonds. The maximum Gasteiger partial charge on any atom is 0.227 e. The second kappa shape index (κ2) is 11.3. The van der Waals surface area contributed by atoms with E-state index in [1.54, 1.807) is 0 Å². The van der Waals surface area contributed by atoms with Crippen LogP contribution in [0.4, 0.5) is 0 Å². The molecule has 4 rings (SSSR count). The van der Waals surface area contributed by atoms with E-state index in [-0.39, 0.29) is 16.7 Å². The standard InChI is InChI=1S/C29H33NOS2/c1-29(2,33-21-25-16-10-5-11-17-25)27-18-26(22-32-20-24-14-8-4-9-15-24)28(31)30(27)19-23-12-6-3-7-13-23/h3-17,26-27H,18-22H2,1-2H3/t26-,27+/m1/s1. The van der Waals surface area contributed by atoms with Crippen LogP contribution in [0.1, 0.15) is 37.0 Å². The number of thioether (sulfide) groups is 2. The molecule has 0 radical (unpaired) electrons. The number of carbonyl (C=O) groups excluding carboxylic acids is 1. The molecule has 0 aliphatic carbocycles. The lowest BCUT2D eigenvalue weighted by Crippen LogP contribution is -2.45. The van der Waals surface area contributed by atoms with Gasteiger partial charge in [-0.2, -0.15) is 11.8 Å². The van der Waals surface area contributed by atoms with Gasteiger partial charge in [0.05, 0.1) is 0 Å². The van der Waals surface area contributed by atoms with Gasteiger partial charge in [-0.05, 0) is 37.0 Å². The summed E-state index contributed by atoms with van der Waals surface area (Å²) in [7, 11) is 0. The molecule has 3 aromatic rings. The highest BCUT2D eigenvalue weighted by molar-refractivity contribution is 7.99. The van der Waals surface area contributed by atoms with E-state index in [2.05, 4.69) is 104 Å². The Morgan fingerprint density at radius 3 is 1.88 bits per heavy atom. The third-order valence-electron chi connectivity index (χ3n) is 6.40. The second-order valence-corrected chi connectivity index (χ2v) is 11.9. The van der Waals surface area contributed by atoms with Crippen molar-refractivity contribution < 1.29 is 4.79 Å². The van der Waals surface area contributed by atoms with Crippen molar-refractivity contribution in [3.8, 4) is 0 Å². The molecule has 0 saturated carbocycles. The van der Waals surface area contributed by atoms with E-state index in [0.29, 0.717) is 12.5 Å². The van der Waals surface area contributed by atoms with Gasteiger partial charge < -0.3 is 4.90 Å². The van der Waals surface area contributed by atoms with Gasteiger partial charge in [-0.25, -0.2) is 0 Å². The Labute approximate surface area is 207 Å². The fraction of sp³-hybridized carbons (Fsp3) is 0.345. The molecule has 4 heteroatoms. The number of hydrogen-bond acceptors (Lipinski definition) is 3. The third-order valence-corrected chi connectivity index (χ3v) is 9.07. The second-order valence-electron chi connectivity index (χ2n) is 9.28. The van der Waals surface area contributed by atoms with E-state index in [1.165, 1.54) is 16.7 Å². The largest absolute Gasteiger partial charge is 0.334 e. The zero-order valence-corrected chi connectivity index (χ0v) is 21.2. The Kier molecular flexibility index (Phi) is 8.21. The Hall–Kier alpha value is -2.17. The fourth-order valence-corrected chi connectivity index (χ4v) is 6.74. The fourth-order valence-electron chi connectivity index (χ4n) is 4.49. The zero-order chi connectivity index (χ0) is 23.1. The number of hydrogen-bond donors (Lipinski definition) is 0. The number of benzene rings is 3. The normalized spacial score (nSPS) is 18.6. The van der Waals surface area contributed by atoms with Crippen LogP contribution in [0.25, 0.3) is 0 Å². The van der Waals surface area contributed by atoms with Gasteiger partial charge in [0.15, 0.2) is 0 Å². The molecule has 2 nitrogen and oxygen atoms in total. The number of likely N-dealkylation sites (tertiary alicyclic amines) is 1. The van der Waals surface area contributed by atoms with Crippen molar-refractivity contribution in [2.75, 3.05) is 5.75 Å². The summed E-state index contributed by atoms with van der Waals surface area (Å²) < 4.78 is -0.0286. The number of nitrogens with zero attached hydrogens (tertiary/aromatic N) is 1. The Bertz CT molecular complexity index is 1010. The van der Waals surface area contributed by atoms with E-state index in [0.717, 1.165) is 23.7 Å². The molecule has 33 heavy (non-hydrogen) atoms. The first-order chi connectivity index (χ1) is 16.0. The van der Waals surface area contributed by atoms with Gasteiger partial charge in [-0.3, -0.25) is 4.79 Å². The Morgan fingerprint density at radius 2 is 1.30 bits per heavy atom. The lowest BCUT2D eigenvalue weighted by Gasteiger charge is -2.37. The average Bonchev–Trinajstić information content (AvgIpc) is 3.16. The molecule has 1 fully saturated rings. The molecule has 0 aromatic heterocycles. The summed E-state index contributed by atoms with van der Waals surface area (Å²) in [6.07, 6.45) is 0.933. The topological polar surface area (TPSA) is 20.3 Å². The molecule has 1 heterocycles. The molecule has 1 aliphatic heterocycles. The molecule has 1 saturated heterocycles. The molecule has 172 valence electrons. The summed E-state index contributed by atoms with van der Waals surface area (Å²) in [5.41, 5.74) is 3.87. The molecule has 2 atom stereocenters. The minimum atomic E-state index is -0.0286. The highest BCUT2D eigenvalue weighted by Crippen LogP contribution is 2.42. The van der Waals surface area contributed by atoms with Gasteiger partial charge in [0.1, 0.15) is 0 Å². The molecular weight excluding hydrogens is 442 g/mol. The summed E-state index contributed by atoms with van der Waals surface area (Å²) in [4.78, 5) is 15.8. The molecular formula is C29H33NOS2. The minimum absolute atomic E-state index is 0.0286. The van der Waals surface area contributed by atoms with Crippen LogP contribution in [-0.2, 0) is 22.8 Å². The van der Waals surface area contributed by atoms with E-state index in [9.17, 15) is 4.79 Å². The summed E-state index contributed by atoms with van der Waals surface area (Å²) in [5, 5.41) is 0. The van der Waals surface area contributed by atoms with E-state index in [1.807, 2.05) is 29.6 Å². The lowest BCUT2D eigenvalue weighted by molar-refractivity contribution is -0.132. The summed E-state index contributed by atoms with van der Waals surface area (Å²) in [6.45, 7) is 5.32. The molecule has 0 bridgehead atoms. The maximum atomic E-state index is 13.6. The Morgan fingerprint density at radius 1 is 0.788 bits per heavy atom. The van der Waals surface area contributed by atoms with Crippen molar-refractivity contribution in [1.29, 1.82) is 0 Å². The van der Waals surface area contributed by atoms with Crippen molar-refractivity contribution in [3.63, 3.8) is 0 Å². The first-order valence-corrected chi connectivity index (χ1v) is 13.8. The van der Waals surface area contributed by atoms with Gasteiger partial charge in [-0.15, -0.1) is 11.8 Å². The molecule has 0 unspecified atom stereocenters. The summed E-state index contributed by atoms with van der Waals surface area (Å²) in [5.74, 6) is 3.21. The highest BCUT2D eigenvalue weighted by Gasteiger charge is 2.46. The predicted octanol–water partition coefficient (Wildman–Crippen LogP) is 7.05. The minimum Gasteiger partial charge on any atom is -0.334 e. The van der Waals surface area contributed by atoms with E-state index < -0.39 is 0 Å². The van der Waals surface area contributed by atoms with Gasteiger partial charge in [0.25, 0.3) is 0 Å². The van der Waals surface area contributed by atoms with Crippen LogP contribution in [-0.4, -0.2) is 27.3 Å². The van der Waals surface area contributed by atoms with Crippen molar-refractivity contribution in [3.05, 3.63) is 108 Å². The zero-order valence-electron chi connectivity index (χ0n) is 19.5. The van der Waals surface area contributed by atoms with Crippen molar-refractivity contribution in [2.45, 2.75) is 49.1 Å². The van der Waals surface area contributed by atoms with Crippen LogP contribution in [0.2, 0.25) is 0 Å². The number of rotatable bonds is 10. The first-order valence-electron chi connectivity index (χ1n) is 11.7. The molecule has 0 spiro atoms. The van der Waals surface area contributed by atoms with Crippen LogP contribution in [0.3, 0.4) is 0 Å². The van der Waals surface area contributed by atoms with Crippen LogP contribution < -0.4 is 0 Å². The molecule has 0 N–H and O–H groups in total. The summed E-state index contributed by atoms with van der Waals surface area (Å²) >= 11 is 3.85. The number of amides is 1. The predicted molar refractivity (Wildman–Crippen MR) is 143 cm³/mol. The van der Waals surface area contributed by atoms with Gasteiger partial charge >= 0.3 is 0 Å². The SMILES string of the molecule is CC(C)(SCc1ccccc1)[C@@H]1C[C@H](CSCc2ccccc2)C(=O)N1Cc1ccccc1. The van der Waals surface area contributed by atoms with Crippen molar-refractivity contribution in [1.82, 2.24) is 4.90 Å². The van der Waals surface area contributed by atoms with E-state index >= 15 is 0 Å². The summed E-state index contributed by atoms with van der Waals surface area (Å²) in [6, 6.07) is 31.8. The van der Waals surface area contributed by atoms with E-state index in [4.69, 9.17) is 0 Å². The van der Waals surface area contributed by atoms with Gasteiger partial charge in [0, 0.05) is 40.5 Å². The Balaban J connectivity index is 1.46. The quantitative estimate of drug-likeness (QED) is 0.313. The van der Waals surface area contributed by atoms with Crippen LogP contribution in [0.15, 0.2) is 91.0 Å². The van der Waals surface area contributed by atoms with Gasteiger partial charge in [0.2, 0.25) is 5.91 Å². The van der Waals surface area contributed by atoms with Gasteiger partial charge in [-0.1, -0.05) is 91.0 Å². The maximum absolute atomic E-state index is 13.6. The molecule has 3 aromatic carbocycles. The molecule has 1 aliphatic rings. The van der Waals surface area contributed by atoms with Crippen LogP contribution >= 0.6 is 23.5 Å². The number of carbonyl (C=O) groups is 1. The average molecular weight is 476 g/mol. The smallest absolute Gasteiger partial charge is 0.227 e.